The van der Waals surface area contributed by atoms with Gasteiger partial charge in [0.15, 0.2) is 24.4 Å². The van der Waals surface area contributed by atoms with Crippen LogP contribution < -0.4 is 9.80 Å². The van der Waals surface area contributed by atoms with Crippen LogP contribution in [0.2, 0.25) is 0 Å². The van der Waals surface area contributed by atoms with E-state index in [4.69, 9.17) is 28.4 Å². The second-order valence-corrected chi connectivity index (χ2v) is 24.3. The number of likely N-dealkylation sites (N-methyl/N-ethyl adjacent to an activating group) is 4. The fourth-order valence-electron chi connectivity index (χ4n) is 10.3. The van der Waals surface area contributed by atoms with Crippen LogP contribution in [0.15, 0.2) is 48.5 Å². The maximum absolute atomic E-state index is 15.9. The molecule has 22 heteroatoms. The Bertz CT molecular complexity index is 2510. The van der Waals surface area contributed by atoms with Crippen LogP contribution in [-0.4, -0.2) is 208 Å². The first-order valence-electron chi connectivity index (χ1n) is 28.9. The van der Waals surface area contributed by atoms with E-state index in [2.05, 4.69) is 9.80 Å². The first-order chi connectivity index (χ1) is 38.8. The Labute approximate surface area is 488 Å². The summed E-state index contributed by atoms with van der Waals surface area (Å²) in [4.78, 5) is 126. The standard InChI is InChI=1S/C61H90F2N6O14/c1-38(2)15-24-46-56(74)80-40(5)52(70)66(13)49(37-61(9,10)63)59(77)83-51(35-43-18-22-45(23-19-43)69-27-31-79-32-28-69)55(73)65(12)47(33-39(3)4)57(75)81-41(6)53(71)67(14)48(36-60(7,8)62)58(76)82-50(54(72)64(46)11)34-42-16-20-44(21-17-42)68-25-29-78-30-26-68/h16-23,38-41,46-51H,15,24-37H2,1-14H3/t40-,41-,46+,47+,48+,49+,50-,51-/m1/s1. The SMILES string of the molecule is CC(C)CC[C@H]1C(=O)O[C@H](C)C(=O)N(C)[C@@H](CC(C)(C)F)C(=O)O[C@H](Cc2ccc(N3CCOCC3)cc2)C(=O)N(C)[C@@H](CC(C)C)C(=O)O[C@H](C)C(=O)N(C)[C@@H](CC(C)(C)F)C(=O)O[C@H](Cc2ccc(N3CCOCC3)cc2)C(=O)N1C. The number of ether oxygens (including phenoxy) is 6. The van der Waals surface area contributed by atoms with Crippen LogP contribution in [0.3, 0.4) is 0 Å². The molecular formula is C61H90F2N6O14. The van der Waals surface area contributed by atoms with Gasteiger partial charge in [-0.3, -0.25) is 19.2 Å². The van der Waals surface area contributed by atoms with Gasteiger partial charge in [-0.15, -0.1) is 0 Å². The Balaban J connectivity index is 1.62. The number of cyclic esters (lactones) is 4. The molecule has 4 amide bonds. The zero-order valence-corrected chi connectivity index (χ0v) is 51.2. The molecule has 0 bridgehead atoms. The molecule has 83 heavy (non-hydrogen) atoms. The highest BCUT2D eigenvalue weighted by Crippen LogP contribution is 2.28. The fourth-order valence-corrected chi connectivity index (χ4v) is 10.3. The summed E-state index contributed by atoms with van der Waals surface area (Å²) < 4.78 is 66.7. The third kappa shape index (κ3) is 19.6. The monoisotopic (exact) mass is 1170 g/mol. The lowest BCUT2D eigenvalue weighted by Crippen LogP contribution is -2.55. The molecule has 2 aromatic rings. The van der Waals surface area contributed by atoms with Crippen molar-refractivity contribution in [1.29, 1.82) is 0 Å². The van der Waals surface area contributed by atoms with E-state index >= 15 is 13.6 Å². The summed E-state index contributed by atoms with van der Waals surface area (Å²) in [5.74, 6) is -8.32. The molecule has 3 fully saturated rings. The van der Waals surface area contributed by atoms with Crippen molar-refractivity contribution in [3.63, 3.8) is 0 Å². The number of hydrogen-bond acceptors (Lipinski definition) is 16. The number of anilines is 2. The molecule has 8 atom stereocenters. The fraction of sp³-hybridized carbons (Fsp3) is 0.672. The minimum Gasteiger partial charge on any atom is -0.451 e. The van der Waals surface area contributed by atoms with Crippen LogP contribution in [-0.2, 0) is 79.6 Å². The molecule has 0 spiro atoms. The van der Waals surface area contributed by atoms with Gasteiger partial charge in [-0.05, 0) is 108 Å². The molecule has 3 saturated heterocycles. The minimum absolute atomic E-state index is 0.000597. The first kappa shape index (κ1) is 67.4. The van der Waals surface area contributed by atoms with Crippen molar-refractivity contribution in [3.05, 3.63) is 59.7 Å². The maximum atomic E-state index is 15.9. The Kier molecular flexibility index (Phi) is 24.3. The van der Waals surface area contributed by atoms with Crippen LogP contribution in [0, 0.1) is 11.8 Å². The molecule has 0 aromatic heterocycles. The van der Waals surface area contributed by atoms with Crippen LogP contribution in [0.1, 0.15) is 112 Å². The molecule has 462 valence electrons. The molecule has 3 aliphatic heterocycles. The Morgan fingerprint density at radius 2 is 0.795 bits per heavy atom. The lowest BCUT2D eigenvalue weighted by molar-refractivity contribution is -0.176. The van der Waals surface area contributed by atoms with Crippen LogP contribution in [0.5, 0.6) is 0 Å². The second kappa shape index (κ2) is 29.9. The van der Waals surface area contributed by atoms with E-state index < -0.39 is 120 Å². The highest BCUT2D eigenvalue weighted by Gasteiger charge is 2.44. The molecular weight excluding hydrogens is 1080 g/mol. The van der Waals surface area contributed by atoms with Gasteiger partial charge >= 0.3 is 23.9 Å². The van der Waals surface area contributed by atoms with Gasteiger partial charge in [0.1, 0.15) is 35.5 Å². The van der Waals surface area contributed by atoms with Crippen molar-refractivity contribution in [3.8, 4) is 0 Å². The normalized spacial score (nSPS) is 25.4. The molecule has 0 aliphatic carbocycles. The summed E-state index contributed by atoms with van der Waals surface area (Å²) in [6, 6.07) is 8.22. The van der Waals surface area contributed by atoms with Gasteiger partial charge in [0.25, 0.3) is 23.6 Å². The van der Waals surface area contributed by atoms with Gasteiger partial charge in [-0.1, -0.05) is 52.0 Å². The lowest BCUT2D eigenvalue weighted by atomic mass is 9.98. The summed E-state index contributed by atoms with van der Waals surface area (Å²) in [5.41, 5.74) is -1.38. The predicted octanol–water partition coefficient (Wildman–Crippen LogP) is 5.91. The largest absolute Gasteiger partial charge is 0.451 e. The topological polar surface area (TPSA) is 211 Å². The number of halogens is 2. The summed E-state index contributed by atoms with van der Waals surface area (Å²) in [6.45, 7) is 19.5. The quantitative estimate of drug-likeness (QED) is 0.150. The number of benzene rings is 2. The highest BCUT2D eigenvalue weighted by atomic mass is 19.1. The average molecular weight is 1170 g/mol. The maximum Gasteiger partial charge on any atom is 0.329 e. The third-order valence-electron chi connectivity index (χ3n) is 15.2. The van der Waals surface area contributed by atoms with Gasteiger partial charge in [0, 0.05) is 91.4 Å². The summed E-state index contributed by atoms with van der Waals surface area (Å²) >= 11 is 0. The van der Waals surface area contributed by atoms with E-state index in [0.717, 1.165) is 31.0 Å². The number of esters is 4. The number of carbonyl (C=O) groups is 8. The molecule has 0 saturated carbocycles. The van der Waals surface area contributed by atoms with E-state index in [1.165, 1.54) is 69.7 Å². The van der Waals surface area contributed by atoms with Crippen molar-refractivity contribution < 1.29 is 75.6 Å². The van der Waals surface area contributed by atoms with Gasteiger partial charge in [-0.25, -0.2) is 28.0 Å². The number of nitrogens with zero attached hydrogens (tertiary/aromatic N) is 6. The van der Waals surface area contributed by atoms with Crippen LogP contribution in [0.25, 0.3) is 0 Å². The first-order valence-corrected chi connectivity index (χ1v) is 28.9. The van der Waals surface area contributed by atoms with Crippen molar-refractivity contribution in [1.82, 2.24) is 19.6 Å². The van der Waals surface area contributed by atoms with Gasteiger partial charge < -0.3 is 57.8 Å². The van der Waals surface area contributed by atoms with Gasteiger partial charge in [0.05, 0.1) is 26.4 Å². The van der Waals surface area contributed by atoms with Crippen molar-refractivity contribution >= 4 is 58.9 Å². The number of amides is 4. The number of rotatable bonds is 15. The molecule has 0 unspecified atom stereocenters. The van der Waals surface area contributed by atoms with Gasteiger partial charge in [-0.2, -0.15) is 0 Å². The molecule has 20 nitrogen and oxygen atoms in total. The minimum atomic E-state index is -2.11. The molecule has 5 rings (SSSR count). The van der Waals surface area contributed by atoms with Crippen LogP contribution in [0.4, 0.5) is 20.2 Å². The number of carbonyl (C=O) groups excluding carboxylic acids is 8. The van der Waals surface area contributed by atoms with E-state index in [9.17, 15) is 33.6 Å². The second-order valence-electron chi connectivity index (χ2n) is 24.3. The predicted molar refractivity (Wildman–Crippen MR) is 307 cm³/mol. The van der Waals surface area contributed by atoms with Gasteiger partial charge in [0.2, 0.25) is 0 Å². The third-order valence-corrected chi connectivity index (χ3v) is 15.2. The van der Waals surface area contributed by atoms with E-state index in [0.29, 0.717) is 70.2 Å². The Morgan fingerprint density at radius 3 is 1.13 bits per heavy atom. The summed E-state index contributed by atoms with van der Waals surface area (Å²) in [6.07, 6.45) is -8.02. The Morgan fingerprint density at radius 1 is 0.470 bits per heavy atom. The molecule has 2 aromatic carbocycles. The molecule has 3 heterocycles. The average Bonchev–Trinajstić information content (AvgIpc) is 3.64. The number of morpholine rings is 2. The van der Waals surface area contributed by atoms with Crippen molar-refractivity contribution in [2.75, 3.05) is 90.6 Å². The highest BCUT2D eigenvalue weighted by molar-refractivity contribution is 5.94. The van der Waals surface area contributed by atoms with Crippen LogP contribution >= 0.6 is 0 Å². The summed E-state index contributed by atoms with van der Waals surface area (Å²) in [5, 5.41) is 0. The zero-order valence-electron chi connectivity index (χ0n) is 51.2. The number of alkyl halides is 2. The van der Waals surface area contributed by atoms with E-state index in [1.807, 2.05) is 38.1 Å². The number of hydrogen-bond donors (Lipinski definition) is 0. The van der Waals surface area contributed by atoms with Crippen molar-refractivity contribution in [2.45, 2.75) is 174 Å². The van der Waals surface area contributed by atoms with E-state index in [-0.39, 0.29) is 37.5 Å². The molecule has 0 radical (unpaired) electrons. The molecule has 0 N–H and O–H groups in total. The summed E-state index contributed by atoms with van der Waals surface area (Å²) in [7, 11) is 5.06. The zero-order chi connectivity index (χ0) is 61.7. The van der Waals surface area contributed by atoms with Crippen molar-refractivity contribution in [2.24, 2.45) is 11.8 Å². The molecule has 3 aliphatic rings. The lowest BCUT2D eigenvalue weighted by Gasteiger charge is -2.36. The Hall–Kier alpha value is -6.42. The smallest absolute Gasteiger partial charge is 0.329 e. The van der Waals surface area contributed by atoms with E-state index in [1.54, 1.807) is 38.1 Å².